The lowest BCUT2D eigenvalue weighted by molar-refractivity contribution is 0.0418. The number of benzene rings is 2. The number of para-hydroxylation sites is 1. The second kappa shape index (κ2) is 7.73. The van der Waals surface area contributed by atoms with Crippen LogP contribution in [0.25, 0.3) is 11.4 Å². The van der Waals surface area contributed by atoms with Crippen molar-refractivity contribution in [3.63, 3.8) is 0 Å². The SMILES string of the molecule is CCOc1ccccc1-c1noc(COC(=O)c2c(F)cccc2F)n1. The van der Waals surface area contributed by atoms with E-state index in [9.17, 15) is 13.6 Å². The minimum absolute atomic E-state index is 0.0172. The molecule has 0 saturated carbocycles. The number of hydrogen-bond acceptors (Lipinski definition) is 6. The molecule has 0 amide bonds. The predicted octanol–water partition coefficient (Wildman–Crippen LogP) is 3.77. The van der Waals surface area contributed by atoms with Crippen LogP contribution in [0.3, 0.4) is 0 Å². The van der Waals surface area contributed by atoms with Gasteiger partial charge in [0.2, 0.25) is 5.82 Å². The van der Waals surface area contributed by atoms with Crippen molar-refractivity contribution < 1.29 is 27.6 Å². The van der Waals surface area contributed by atoms with Crippen LogP contribution in [0.4, 0.5) is 8.78 Å². The van der Waals surface area contributed by atoms with Gasteiger partial charge >= 0.3 is 5.97 Å². The van der Waals surface area contributed by atoms with Gasteiger partial charge in [-0.25, -0.2) is 13.6 Å². The molecular formula is C18H14F2N2O4. The molecule has 2 aromatic carbocycles. The Morgan fingerprint density at radius 3 is 2.58 bits per heavy atom. The summed E-state index contributed by atoms with van der Waals surface area (Å²) >= 11 is 0. The van der Waals surface area contributed by atoms with Gasteiger partial charge in [-0.15, -0.1) is 0 Å². The fourth-order valence-corrected chi connectivity index (χ4v) is 2.25. The molecule has 134 valence electrons. The van der Waals surface area contributed by atoms with Crippen molar-refractivity contribution in [2.75, 3.05) is 6.61 Å². The van der Waals surface area contributed by atoms with Crippen LogP contribution in [0.5, 0.6) is 5.75 Å². The van der Waals surface area contributed by atoms with E-state index in [0.29, 0.717) is 17.9 Å². The van der Waals surface area contributed by atoms with E-state index in [4.69, 9.17) is 14.0 Å². The standard InChI is InChI=1S/C18H14F2N2O4/c1-2-24-14-9-4-3-6-11(14)17-21-15(26-22-17)10-25-18(23)16-12(19)7-5-8-13(16)20/h3-9H,2,10H2,1H3. The number of hydrogen-bond donors (Lipinski definition) is 0. The molecule has 0 radical (unpaired) electrons. The van der Waals surface area contributed by atoms with Crippen molar-refractivity contribution in [2.45, 2.75) is 13.5 Å². The molecule has 0 N–H and O–H groups in total. The first kappa shape index (κ1) is 17.5. The van der Waals surface area contributed by atoms with Gasteiger partial charge in [-0.05, 0) is 31.2 Å². The number of nitrogens with zero attached hydrogens (tertiary/aromatic N) is 2. The highest BCUT2D eigenvalue weighted by atomic mass is 19.1. The van der Waals surface area contributed by atoms with Gasteiger partial charge in [-0.1, -0.05) is 23.4 Å². The second-order valence-corrected chi connectivity index (χ2v) is 5.11. The summed E-state index contributed by atoms with van der Waals surface area (Å²) in [6, 6.07) is 10.2. The summed E-state index contributed by atoms with van der Waals surface area (Å²) in [5.74, 6) is -2.37. The van der Waals surface area contributed by atoms with Crippen molar-refractivity contribution in [3.8, 4) is 17.1 Å². The predicted molar refractivity (Wildman–Crippen MR) is 86.4 cm³/mol. The number of carbonyl (C=O) groups excluding carboxylic acids is 1. The van der Waals surface area contributed by atoms with Crippen LogP contribution in [0, 0.1) is 11.6 Å². The first-order chi connectivity index (χ1) is 12.6. The first-order valence-electron chi connectivity index (χ1n) is 7.76. The Hall–Kier alpha value is -3.29. The van der Waals surface area contributed by atoms with E-state index in [-0.39, 0.29) is 11.7 Å². The zero-order valence-corrected chi connectivity index (χ0v) is 13.7. The van der Waals surface area contributed by atoms with Crippen LogP contribution >= 0.6 is 0 Å². The smallest absolute Gasteiger partial charge is 0.344 e. The molecule has 3 rings (SSSR count). The van der Waals surface area contributed by atoms with E-state index in [1.54, 1.807) is 24.3 Å². The van der Waals surface area contributed by atoms with Crippen molar-refractivity contribution >= 4 is 5.97 Å². The van der Waals surface area contributed by atoms with Crippen LogP contribution < -0.4 is 4.74 Å². The van der Waals surface area contributed by atoms with Crippen molar-refractivity contribution in [2.24, 2.45) is 0 Å². The minimum atomic E-state index is -1.16. The van der Waals surface area contributed by atoms with Gasteiger partial charge in [0.05, 0.1) is 12.2 Å². The number of ether oxygens (including phenoxy) is 2. The van der Waals surface area contributed by atoms with Gasteiger partial charge in [0, 0.05) is 0 Å². The monoisotopic (exact) mass is 360 g/mol. The largest absolute Gasteiger partial charge is 0.493 e. The Balaban J connectivity index is 1.73. The first-order valence-corrected chi connectivity index (χ1v) is 7.76. The lowest BCUT2D eigenvalue weighted by Gasteiger charge is -2.06. The summed E-state index contributed by atoms with van der Waals surface area (Å²) in [6.07, 6.45) is 0. The highest BCUT2D eigenvalue weighted by Gasteiger charge is 2.20. The molecule has 0 aliphatic rings. The van der Waals surface area contributed by atoms with Crippen molar-refractivity contribution in [1.82, 2.24) is 10.1 Å². The van der Waals surface area contributed by atoms with Crippen LogP contribution in [0.15, 0.2) is 47.0 Å². The summed E-state index contributed by atoms with van der Waals surface area (Å²) in [6.45, 7) is 1.89. The Labute approximate surface area is 147 Å². The Kier molecular flexibility index (Phi) is 5.21. The molecule has 3 aromatic rings. The number of aromatic nitrogens is 2. The molecule has 0 bridgehead atoms. The third-order valence-corrected chi connectivity index (χ3v) is 3.39. The highest BCUT2D eigenvalue weighted by molar-refractivity contribution is 5.89. The number of halogens is 2. The van der Waals surface area contributed by atoms with E-state index >= 15 is 0 Å². The van der Waals surface area contributed by atoms with Gasteiger partial charge in [0.15, 0.2) is 6.61 Å². The normalized spacial score (nSPS) is 10.6. The molecule has 0 aliphatic heterocycles. The lowest BCUT2D eigenvalue weighted by atomic mass is 10.2. The summed E-state index contributed by atoms with van der Waals surface area (Å²) < 4.78 is 42.5. The van der Waals surface area contributed by atoms with Gasteiger partial charge in [0.1, 0.15) is 22.9 Å². The molecule has 0 aliphatic carbocycles. The Morgan fingerprint density at radius 2 is 1.85 bits per heavy atom. The zero-order chi connectivity index (χ0) is 18.5. The Morgan fingerprint density at radius 1 is 1.12 bits per heavy atom. The van der Waals surface area contributed by atoms with Crippen LogP contribution in [-0.4, -0.2) is 22.7 Å². The quantitative estimate of drug-likeness (QED) is 0.623. The lowest BCUT2D eigenvalue weighted by Crippen LogP contribution is -2.10. The minimum Gasteiger partial charge on any atom is -0.493 e. The third-order valence-electron chi connectivity index (χ3n) is 3.39. The number of rotatable bonds is 6. The Bertz CT molecular complexity index is 907. The number of carbonyl (C=O) groups is 1. The van der Waals surface area contributed by atoms with Crippen LogP contribution in [0.1, 0.15) is 23.2 Å². The molecule has 0 spiro atoms. The zero-order valence-electron chi connectivity index (χ0n) is 13.7. The fraction of sp³-hybridized carbons (Fsp3) is 0.167. The van der Waals surface area contributed by atoms with E-state index in [1.165, 1.54) is 0 Å². The van der Waals surface area contributed by atoms with E-state index in [2.05, 4.69) is 10.1 Å². The average molecular weight is 360 g/mol. The summed E-state index contributed by atoms with van der Waals surface area (Å²) in [7, 11) is 0. The van der Waals surface area contributed by atoms with E-state index in [0.717, 1.165) is 18.2 Å². The molecule has 0 fully saturated rings. The molecule has 0 unspecified atom stereocenters. The maximum absolute atomic E-state index is 13.6. The molecule has 0 saturated heterocycles. The van der Waals surface area contributed by atoms with Gasteiger partial charge in [-0.3, -0.25) is 0 Å². The molecule has 8 heteroatoms. The van der Waals surface area contributed by atoms with Crippen LogP contribution in [0.2, 0.25) is 0 Å². The summed E-state index contributed by atoms with van der Waals surface area (Å²) in [5.41, 5.74) is -0.162. The molecule has 0 atom stereocenters. The maximum Gasteiger partial charge on any atom is 0.344 e. The van der Waals surface area contributed by atoms with Gasteiger partial charge in [0.25, 0.3) is 5.89 Å². The molecule has 26 heavy (non-hydrogen) atoms. The average Bonchev–Trinajstić information content (AvgIpc) is 3.09. The van der Waals surface area contributed by atoms with E-state index in [1.807, 2.05) is 6.92 Å². The second-order valence-electron chi connectivity index (χ2n) is 5.11. The summed E-state index contributed by atoms with van der Waals surface area (Å²) in [4.78, 5) is 16.0. The van der Waals surface area contributed by atoms with Crippen LogP contribution in [-0.2, 0) is 11.3 Å². The molecule has 1 aromatic heterocycles. The van der Waals surface area contributed by atoms with E-state index < -0.39 is 29.8 Å². The van der Waals surface area contributed by atoms with Crippen molar-refractivity contribution in [3.05, 3.63) is 65.6 Å². The fourth-order valence-electron chi connectivity index (χ4n) is 2.25. The molecule has 6 nitrogen and oxygen atoms in total. The molecular weight excluding hydrogens is 346 g/mol. The third kappa shape index (κ3) is 3.69. The number of esters is 1. The highest BCUT2D eigenvalue weighted by Crippen LogP contribution is 2.27. The summed E-state index contributed by atoms with van der Waals surface area (Å²) in [5, 5.41) is 3.81. The van der Waals surface area contributed by atoms with Gasteiger partial charge in [-0.2, -0.15) is 4.98 Å². The van der Waals surface area contributed by atoms with Gasteiger partial charge < -0.3 is 14.0 Å². The maximum atomic E-state index is 13.6. The van der Waals surface area contributed by atoms with Crippen molar-refractivity contribution in [1.29, 1.82) is 0 Å². The molecule has 1 heterocycles. The topological polar surface area (TPSA) is 74.5 Å².